The molecule has 2 N–H and O–H groups in total. The first-order valence-electron chi connectivity index (χ1n) is 4.48. The van der Waals surface area contributed by atoms with Crippen LogP contribution >= 0.6 is 0 Å². The Morgan fingerprint density at radius 1 is 1.46 bits per heavy atom. The van der Waals surface area contributed by atoms with Crippen molar-refractivity contribution in [2.45, 2.75) is 24.7 Å². The molecule has 0 bridgehead atoms. The maximum Gasteiger partial charge on any atom is 0.0530 e. The molecular formula is C10H15NOS. The Balaban J connectivity index is 2.66. The van der Waals surface area contributed by atoms with Crippen LogP contribution in [-0.4, -0.2) is 9.96 Å². The lowest BCUT2D eigenvalue weighted by molar-refractivity contribution is 0.679. The van der Waals surface area contributed by atoms with Gasteiger partial charge in [0, 0.05) is 16.3 Å². The maximum absolute atomic E-state index is 11.6. The molecule has 0 amide bonds. The molecule has 13 heavy (non-hydrogen) atoms. The molecule has 0 aromatic heterocycles. The van der Waals surface area contributed by atoms with Crippen molar-refractivity contribution in [1.82, 2.24) is 0 Å². The van der Waals surface area contributed by atoms with Crippen molar-refractivity contribution in [3.8, 4) is 0 Å². The molecule has 2 nitrogen and oxygen atoms in total. The summed E-state index contributed by atoms with van der Waals surface area (Å²) in [5.74, 6) is 0.736. The fraction of sp³-hybridized carbons (Fsp3) is 0.400. The summed E-state index contributed by atoms with van der Waals surface area (Å²) >= 11 is 0. The van der Waals surface area contributed by atoms with Crippen molar-refractivity contribution >= 4 is 16.5 Å². The molecule has 72 valence electrons. The van der Waals surface area contributed by atoms with Crippen LogP contribution in [0.2, 0.25) is 0 Å². The largest absolute Gasteiger partial charge is 0.399 e. The molecule has 0 saturated carbocycles. The minimum atomic E-state index is -0.874. The van der Waals surface area contributed by atoms with Gasteiger partial charge in [-0.2, -0.15) is 0 Å². The van der Waals surface area contributed by atoms with E-state index in [4.69, 9.17) is 5.73 Å². The summed E-state index contributed by atoms with van der Waals surface area (Å²) in [6, 6.07) is 7.29. The number of nitrogen functional groups attached to an aromatic ring is 1. The predicted molar refractivity (Wildman–Crippen MR) is 57.0 cm³/mol. The van der Waals surface area contributed by atoms with Crippen LogP contribution in [0.15, 0.2) is 29.2 Å². The standard InChI is InChI=1S/C10H15NOS/c1-2-3-7-13(12)10-6-4-5-9(11)8-10/h4-6,8H,2-3,7,11H2,1H3. The van der Waals surface area contributed by atoms with Gasteiger partial charge in [-0.3, -0.25) is 4.21 Å². The molecule has 1 unspecified atom stereocenters. The molecule has 3 heteroatoms. The zero-order valence-corrected chi connectivity index (χ0v) is 8.64. The first-order valence-corrected chi connectivity index (χ1v) is 5.80. The van der Waals surface area contributed by atoms with Crippen molar-refractivity contribution in [2.24, 2.45) is 0 Å². The molecule has 0 aliphatic heterocycles. The van der Waals surface area contributed by atoms with E-state index >= 15 is 0 Å². The highest BCUT2D eigenvalue weighted by atomic mass is 32.2. The second kappa shape index (κ2) is 5.02. The Bertz CT molecular complexity index is 299. The van der Waals surface area contributed by atoms with Crippen LogP contribution in [0, 0.1) is 0 Å². The van der Waals surface area contributed by atoms with Gasteiger partial charge in [0.1, 0.15) is 0 Å². The van der Waals surface area contributed by atoms with Gasteiger partial charge in [0.2, 0.25) is 0 Å². The van der Waals surface area contributed by atoms with E-state index in [0.717, 1.165) is 23.5 Å². The number of benzene rings is 1. The predicted octanol–water partition coefficient (Wildman–Crippen LogP) is 2.18. The van der Waals surface area contributed by atoms with Gasteiger partial charge in [-0.15, -0.1) is 0 Å². The van der Waals surface area contributed by atoms with Crippen LogP contribution in [0.1, 0.15) is 19.8 Å². The lowest BCUT2D eigenvalue weighted by Gasteiger charge is -2.01. The normalized spacial score (nSPS) is 12.7. The van der Waals surface area contributed by atoms with Crippen molar-refractivity contribution in [3.05, 3.63) is 24.3 Å². The average Bonchev–Trinajstić information content (AvgIpc) is 2.14. The van der Waals surface area contributed by atoms with Crippen LogP contribution in [-0.2, 0) is 10.8 Å². The highest BCUT2D eigenvalue weighted by Gasteiger charge is 2.02. The van der Waals surface area contributed by atoms with Gasteiger partial charge in [-0.25, -0.2) is 0 Å². The number of hydrogen-bond donors (Lipinski definition) is 1. The summed E-state index contributed by atoms with van der Waals surface area (Å²) < 4.78 is 11.6. The molecule has 0 saturated heterocycles. The third-order valence-electron chi connectivity index (χ3n) is 1.80. The van der Waals surface area contributed by atoms with Gasteiger partial charge < -0.3 is 5.73 Å². The first-order chi connectivity index (χ1) is 6.24. The Morgan fingerprint density at radius 2 is 2.23 bits per heavy atom. The van der Waals surface area contributed by atoms with Crippen molar-refractivity contribution in [3.63, 3.8) is 0 Å². The molecular weight excluding hydrogens is 182 g/mol. The second-order valence-electron chi connectivity index (χ2n) is 2.98. The number of unbranched alkanes of at least 4 members (excludes halogenated alkanes) is 1. The maximum atomic E-state index is 11.6. The lowest BCUT2D eigenvalue weighted by Crippen LogP contribution is -1.98. The Morgan fingerprint density at radius 3 is 2.85 bits per heavy atom. The van der Waals surface area contributed by atoms with E-state index in [-0.39, 0.29) is 0 Å². The van der Waals surface area contributed by atoms with E-state index in [9.17, 15) is 4.21 Å². The molecule has 0 fully saturated rings. The number of nitrogens with two attached hydrogens (primary N) is 1. The molecule has 0 aliphatic rings. The number of hydrogen-bond acceptors (Lipinski definition) is 2. The topological polar surface area (TPSA) is 43.1 Å². The van der Waals surface area contributed by atoms with Gasteiger partial charge in [0.25, 0.3) is 0 Å². The summed E-state index contributed by atoms with van der Waals surface area (Å²) in [6.07, 6.45) is 2.08. The van der Waals surface area contributed by atoms with E-state index in [1.807, 2.05) is 12.1 Å². The summed E-state index contributed by atoms with van der Waals surface area (Å²) in [5, 5.41) is 0. The van der Waals surface area contributed by atoms with Gasteiger partial charge in [0.15, 0.2) is 0 Å². The van der Waals surface area contributed by atoms with Crippen molar-refractivity contribution in [2.75, 3.05) is 11.5 Å². The highest BCUT2D eigenvalue weighted by Crippen LogP contribution is 2.12. The fourth-order valence-corrected chi connectivity index (χ4v) is 2.33. The Kier molecular flexibility index (Phi) is 3.96. The monoisotopic (exact) mass is 197 g/mol. The highest BCUT2D eigenvalue weighted by molar-refractivity contribution is 7.85. The Hall–Kier alpha value is -0.830. The number of rotatable bonds is 4. The quantitative estimate of drug-likeness (QED) is 0.752. The second-order valence-corrected chi connectivity index (χ2v) is 4.55. The van der Waals surface area contributed by atoms with Crippen LogP contribution in [0.3, 0.4) is 0 Å². The smallest absolute Gasteiger partial charge is 0.0530 e. The fourth-order valence-electron chi connectivity index (χ4n) is 1.05. The van der Waals surface area contributed by atoms with Crippen molar-refractivity contribution < 1.29 is 4.21 Å². The zero-order valence-electron chi connectivity index (χ0n) is 7.82. The van der Waals surface area contributed by atoms with Gasteiger partial charge in [0.05, 0.1) is 10.8 Å². The van der Waals surface area contributed by atoms with Crippen molar-refractivity contribution in [1.29, 1.82) is 0 Å². The molecule has 1 aromatic carbocycles. The Labute approximate surface area is 81.6 Å². The van der Waals surface area contributed by atoms with E-state index in [1.165, 1.54) is 0 Å². The molecule has 0 radical (unpaired) electrons. The summed E-state index contributed by atoms with van der Waals surface area (Å²) in [5.41, 5.74) is 6.27. The molecule has 0 heterocycles. The minimum Gasteiger partial charge on any atom is -0.399 e. The van der Waals surface area contributed by atoms with E-state index in [1.54, 1.807) is 12.1 Å². The van der Waals surface area contributed by atoms with E-state index in [2.05, 4.69) is 6.92 Å². The van der Waals surface area contributed by atoms with Gasteiger partial charge in [-0.1, -0.05) is 19.4 Å². The first kappa shape index (κ1) is 10.3. The minimum absolute atomic E-state index is 0.683. The summed E-state index contributed by atoms with van der Waals surface area (Å²) in [7, 11) is -0.874. The van der Waals surface area contributed by atoms with Crippen LogP contribution < -0.4 is 5.73 Å². The van der Waals surface area contributed by atoms with Gasteiger partial charge >= 0.3 is 0 Å². The number of anilines is 1. The lowest BCUT2D eigenvalue weighted by atomic mass is 10.3. The third kappa shape index (κ3) is 3.19. The van der Waals surface area contributed by atoms with Gasteiger partial charge in [-0.05, 0) is 24.6 Å². The van der Waals surface area contributed by atoms with Crippen LogP contribution in [0.5, 0.6) is 0 Å². The SMILES string of the molecule is CCCCS(=O)c1cccc(N)c1. The molecule has 0 spiro atoms. The molecule has 1 atom stereocenters. The molecule has 1 rings (SSSR count). The van der Waals surface area contributed by atoms with E-state index < -0.39 is 10.8 Å². The summed E-state index contributed by atoms with van der Waals surface area (Å²) in [6.45, 7) is 2.09. The average molecular weight is 197 g/mol. The van der Waals surface area contributed by atoms with E-state index in [0.29, 0.717) is 5.69 Å². The van der Waals surface area contributed by atoms with Crippen LogP contribution in [0.4, 0.5) is 5.69 Å². The molecule has 0 aliphatic carbocycles. The third-order valence-corrected chi connectivity index (χ3v) is 3.24. The van der Waals surface area contributed by atoms with Crippen LogP contribution in [0.25, 0.3) is 0 Å². The molecule has 1 aromatic rings. The zero-order chi connectivity index (χ0) is 9.68. The summed E-state index contributed by atoms with van der Waals surface area (Å²) in [4.78, 5) is 0.841.